The Hall–Kier alpha value is -4.95. The topological polar surface area (TPSA) is 215 Å². The van der Waals surface area contributed by atoms with Gasteiger partial charge in [-0.1, -0.05) is 0 Å². The van der Waals surface area contributed by atoms with Crippen molar-refractivity contribution in [2.75, 3.05) is 38.4 Å². The summed E-state index contributed by atoms with van der Waals surface area (Å²) in [5, 5.41) is 48.5. The largest absolute Gasteiger partial charge is 0.508 e. The number of phenols is 1. The maximum atomic E-state index is 14.1. The number of benzene rings is 2. The minimum absolute atomic E-state index is 0.0339. The number of Topliss-reactive ketones (excluding diaryl/α,β-unsaturated/α-hetero) is 2. The molecule has 2 aromatic rings. The fraction of sp³-hybridized carbons (Fsp3) is 0.333. The van der Waals surface area contributed by atoms with Crippen LogP contribution in [0.3, 0.4) is 0 Å². The van der Waals surface area contributed by atoms with Crippen molar-refractivity contribution in [1.82, 2.24) is 4.90 Å². The molecule has 5 rings (SSSR count). The van der Waals surface area contributed by atoms with Gasteiger partial charge < -0.3 is 42.1 Å². The number of aliphatic imine (C=N–C) groups is 1. The molecule has 44 heavy (non-hydrogen) atoms. The number of carbonyl (C=O) groups excluding carboxylic acids is 3. The van der Waals surface area contributed by atoms with E-state index in [2.05, 4.69) is 10.3 Å². The van der Waals surface area contributed by atoms with Gasteiger partial charge in [-0.2, -0.15) is 0 Å². The second kappa shape index (κ2) is 10.6. The second-order valence-electron chi connectivity index (χ2n) is 11.6. The molecule has 0 heterocycles. The highest BCUT2D eigenvalue weighted by Crippen LogP contribution is 2.54. The highest BCUT2D eigenvalue weighted by molar-refractivity contribution is 6.24. The lowest BCUT2D eigenvalue weighted by molar-refractivity contribution is -0.153. The number of likely N-dealkylation sites (N-methyl/N-ethyl adjacent to an activating group) is 1. The molecule has 14 heteroatoms. The van der Waals surface area contributed by atoms with Gasteiger partial charge in [0.1, 0.15) is 28.6 Å². The van der Waals surface area contributed by atoms with E-state index in [9.17, 15) is 39.2 Å². The second-order valence-corrected chi connectivity index (χ2v) is 11.6. The average molecular weight is 609 g/mol. The van der Waals surface area contributed by atoms with Gasteiger partial charge in [0.2, 0.25) is 5.78 Å². The van der Waals surface area contributed by atoms with Crippen LogP contribution in [-0.2, 0) is 20.8 Å². The molecule has 13 nitrogen and oxygen atoms in total. The van der Waals surface area contributed by atoms with Crippen molar-refractivity contribution in [3.63, 3.8) is 0 Å². The van der Waals surface area contributed by atoms with Crippen LogP contribution < -0.4 is 21.7 Å². The summed E-state index contributed by atoms with van der Waals surface area (Å²) in [6, 6.07) is 5.69. The molecular formula is C30H33FN6O7. The number of nitrogens with one attached hydrogen (secondary N) is 1. The van der Waals surface area contributed by atoms with Crippen LogP contribution >= 0.6 is 0 Å². The Bertz CT molecular complexity index is 1700. The number of aliphatic hydroxyl groups is 3. The van der Waals surface area contributed by atoms with Gasteiger partial charge in [-0.3, -0.25) is 19.3 Å². The summed E-state index contributed by atoms with van der Waals surface area (Å²) in [6.07, 6.45) is 0.0801. The van der Waals surface area contributed by atoms with E-state index in [-0.39, 0.29) is 35.6 Å². The van der Waals surface area contributed by atoms with Crippen LogP contribution in [0.25, 0.3) is 5.76 Å². The number of nitrogens with zero attached hydrogens (tertiary/aromatic N) is 3. The lowest BCUT2D eigenvalue weighted by Crippen LogP contribution is -2.65. The van der Waals surface area contributed by atoms with Crippen LogP contribution in [0, 0.1) is 17.7 Å². The number of fused-ring (bicyclic) bond motifs is 3. The molecule has 9 N–H and O–H groups in total. The molecule has 2 aromatic carbocycles. The molecule has 0 saturated heterocycles. The van der Waals surface area contributed by atoms with Gasteiger partial charge in [0.05, 0.1) is 11.6 Å². The van der Waals surface area contributed by atoms with Crippen LogP contribution in [0.15, 0.2) is 52.2 Å². The number of aromatic hydroxyl groups is 1. The maximum absolute atomic E-state index is 14.1. The summed E-state index contributed by atoms with van der Waals surface area (Å²) in [4.78, 5) is 46.9. The van der Waals surface area contributed by atoms with Crippen molar-refractivity contribution in [1.29, 1.82) is 0 Å². The summed E-state index contributed by atoms with van der Waals surface area (Å²) in [6.45, 7) is 0. The van der Waals surface area contributed by atoms with Gasteiger partial charge in [0.15, 0.2) is 23.1 Å². The standard InChI is InChI=1S/C30H33FN6O7/c1-36(2)18-11-17(35-29(33)34-14-7-5-13(31)6-8-14)23(38)20-15(18)9-12-10-16-22(37(3)4)25(40)21(28(32)43)27(42)30(16,44)26(41)19(12)24(20)39/h5-8,11-12,16,22,38-39,42,44H,9-10H2,1-4H3,(H2,32,43)(H3,33,34,35)/t12-,16-,22-,30-/m1/s1. The molecule has 1 amide bonds. The third-order valence-electron chi connectivity index (χ3n) is 8.52. The van der Waals surface area contributed by atoms with Crippen LogP contribution in [0.2, 0.25) is 0 Å². The summed E-state index contributed by atoms with van der Waals surface area (Å²) in [7, 11) is 6.54. The third-order valence-corrected chi connectivity index (χ3v) is 8.52. The van der Waals surface area contributed by atoms with Gasteiger partial charge in [0.25, 0.3) is 5.91 Å². The molecule has 0 aliphatic heterocycles. The van der Waals surface area contributed by atoms with Gasteiger partial charge in [0, 0.05) is 37.0 Å². The fourth-order valence-electron chi connectivity index (χ4n) is 6.60. The monoisotopic (exact) mass is 608 g/mol. The Kier molecular flexibility index (Phi) is 7.38. The first kappa shape index (κ1) is 30.5. The van der Waals surface area contributed by atoms with Crippen LogP contribution in [0.5, 0.6) is 5.75 Å². The maximum Gasteiger partial charge on any atom is 0.255 e. The van der Waals surface area contributed by atoms with Crippen molar-refractivity contribution in [2.45, 2.75) is 24.5 Å². The number of nitrogens with two attached hydrogens (primary N) is 2. The number of aliphatic hydroxyl groups excluding tert-OH is 2. The van der Waals surface area contributed by atoms with Crippen molar-refractivity contribution >= 4 is 46.3 Å². The Labute approximate surface area is 251 Å². The van der Waals surface area contributed by atoms with E-state index in [1.807, 2.05) is 0 Å². The number of halogens is 1. The number of anilines is 2. The molecule has 0 bridgehead atoms. The molecule has 0 unspecified atom stereocenters. The number of phenolic OH excluding ortho intramolecular Hbond substituents is 1. The molecular weight excluding hydrogens is 575 g/mol. The Balaban J connectivity index is 1.68. The zero-order valence-corrected chi connectivity index (χ0v) is 24.4. The number of amides is 1. The molecule has 0 radical (unpaired) electrons. The number of rotatable bonds is 5. The first-order chi connectivity index (χ1) is 20.6. The minimum atomic E-state index is -2.75. The van der Waals surface area contributed by atoms with E-state index in [1.54, 1.807) is 25.1 Å². The predicted molar refractivity (Wildman–Crippen MR) is 160 cm³/mol. The molecule has 0 spiro atoms. The number of hydrogen-bond donors (Lipinski definition) is 7. The molecule has 0 aromatic heterocycles. The SMILES string of the molecule is CN(C)c1cc(N=C(N)Nc2ccc(F)cc2)c(O)c2c1C[C@@H]1C[C@@H]3[C@@H](N(C)C)C(=O)C(C(N)=O)=C(O)[C@]3(O)C(=O)C1=C2O. The fourth-order valence-corrected chi connectivity index (χ4v) is 6.60. The number of primary amides is 1. The Morgan fingerprint density at radius 1 is 1.09 bits per heavy atom. The highest BCUT2D eigenvalue weighted by Gasteiger charge is 2.64. The smallest absolute Gasteiger partial charge is 0.255 e. The van der Waals surface area contributed by atoms with Gasteiger partial charge in [-0.05, 0) is 68.8 Å². The van der Waals surface area contributed by atoms with Crippen molar-refractivity contribution in [3.05, 3.63) is 64.2 Å². The Morgan fingerprint density at radius 2 is 1.73 bits per heavy atom. The molecule has 3 aliphatic carbocycles. The number of ketones is 2. The summed E-state index contributed by atoms with van der Waals surface area (Å²) in [5.41, 5.74) is 8.76. The Morgan fingerprint density at radius 3 is 2.30 bits per heavy atom. The molecule has 1 fully saturated rings. The van der Waals surface area contributed by atoms with E-state index in [1.165, 1.54) is 43.3 Å². The van der Waals surface area contributed by atoms with E-state index >= 15 is 0 Å². The van der Waals surface area contributed by atoms with Crippen LogP contribution in [-0.4, -0.2) is 88.6 Å². The van der Waals surface area contributed by atoms with Crippen molar-refractivity contribution < 1.29 is 39.2 Å². The molecule has 1 saturated carbocycles. The van der Waals surface area contributed by atoms with E-state index < -0.39 is 69.6 Å². The predicted octanol–water partition coefficient (Wildman–Crippen LogP) is 1.23. The average Bonchev–Trinajstić information content (AvgIpc) is 2.93. The lowest BCUT2D eigenvalue weighted by Gasteiger charge is -2.50. The number of guanidine groups is 1. The highest BCUT2D eigenvalue weighted by atomic mass is 19.1. The van der Waals surface area contributed by atoms with Gasteiger partial charge in [-0.15, -0.1) is 0 Å². The lowest BCUT2D eigenvalue weighted by atomic mass is 9.57. The number of hydrogen-bond acceptors (Lipinski definition) is 10. The summed E-state index contributed by atoms with van der Waals surface area (Å²) in [5.74, 6) is -8.09. The van der Waals surface area contributed by atoms with Crippen LogP contribution in [0.4, 0.5) is 21.5 Å². The van der Waals surface area contributed by atoms with E-state index in [4.69, 9.17) is 11.5 Å². The quantitative estimate of drug-likeness (QED) is 0.146. The van der Waals surface area contributed by atoms with E-state index in [0.29, 0.717) is 16.9 Å². The van der Waals surface area contributed by atoms with Gasteiger partial charge in [-0.25, -0.2) is 9.38 Å². The summed E-state index contributed by atoms with van der Waals surface area (Å²) >= 11 is 0. The first-order valence-electron chi connectivity index (χ1n) is 13.7. The zero-order chi connectivity index (χ0) is 32.4. The molecule has 4 atom stereocenters. The zero-order valence-electron chi connectivity index (χ0n) is 24.4. The van der Waals surface area contributed by atoms with Crippen molar-refractivity contribution in [2.24, 2.45) is 28.3 Å². The summed E-state index contributed by atoms with van der Waals surface area (Å²) < 4.78 is 13.3. The van der Waals surface area contributed by atoms with E-state index in [0.717, 1.165) is 0 Å². The number of carbonyl (C=O) groups is 3. The molecule has 232 valence electrons. The molecule has 3 aliphatic rings. The van der Waals surface area contributed by atoms with Crippen molar-refractivity contribution in [3.8, 4) is 5.75 Å². The third kappa shape index (κ3) is 4.53. The van der Waals surface area contributed by atoms with Gasteiger partial charge >= 0.3 is 0 Å². The first-order valence-corrected chi connectivity index (χ1v) is 13.7. The van der Waals surface area contributed by atoms with Crippen LogP contribution in [0.1, 0.15) is 17.5 Å². The normalized spacial score (nSPS) is 25.1. The minimum Gasteiger partial charge on any atom is -0.508 e.